The number of hydrogen-bond acceptors (Lipinski definition) is 5. The zero-order valence-electron chi connectivity index (χ0n) is 16.0. The van der Waals surface area contributed by atoms with Crippen LogP contribution >= 0.6 is 11.8 Å². The van der Waals surface area contributed by atoms with Gasteiger partial charge >= 0.3 is 5.97 Å². The standard InChI is InChI=1S/C18H33N3O4S/c1-11(2)15(19)17(23)20-10-12-4-6-13(7-5-12)16(22)21-14(18(24)25)8-9-26-3/h11-15H,4-10,19H2,1-3H3,(H,20,23)(H,21,22)(H,24,25). The molecular formula is C18H33N3O4S. The summed E-state index contributed by atoms with van der Waals surface area (Å²) in [5, 5.41) is 14.8. The molecule has 26 heavy (non-hydrogen) atoms. The second kappa shape index (κ2) is 11.4. The van der Waals surface area contributed by atoms with E-state index in [1.54, 1.807) is 11.8 Å². The van der Waals surface area contributed by atoms with Gasteiger partial charge in [-0.3, -0.25) is 9.59 Å². The van der Waals surface area contributed by atoms with Gasteiger partial charge in [0.25, 0.3) is 0 Å². The molecule has 0 aromatic rings. The lowest BCUT2D eigenvalue weighted by Gasteiger charge is -2.29. The van der Waals surface area contributed by atoms with Gasteiger partial charge in [-0.25, -0.2) is 4.79 Å². The summed E-state index contributed by atoms with van der Waals surface area (Å²) in [6.45, 7) is 4.41. The van der Waals surface area contributed by atoms with Crippen molar-refractivity contribution in [1.29, 1.82) is 0 Å². The molecule has 0 bridgehead atoms. The number of carbonyl (C=O) groups excluding carboxylic acids is 2. The van der Waals surface area contributed by atoms with Gasteiger partial charge in [0.05, 0.1) is 6.04 Å². The van der Waals surface area contributed by atoms with Gasteiger partial charge in [-0.05, 0) is 55.9 Å². The normalized spacial score (nSPS) is 22.5. The van der Waals surface area contributed by atoms with E-state index in [4.69, 9.17) is 5.73 Å². The number of thioether (sulfide) groups is 1. The van der Waals surface area contributed by atoms with Gasteiger partial charge < -0.3 is 21.5 Å². The van der Waals surface area contributed by atoms with E-state index < -0.39 is 18.1 Å². The lowest BCUT2D eigenvalue weighted by atomic mass is 9.81. The summed E-state index contributed by atoms with van der Waals surface area (Å²) in [7, 11) is 0. The van der Waals surface area contributed by atoms with Crippen LogP contribution in [0, 0.1) is 17.8 Å². The second-order valence-electron chi connectivity index (χ2n) is 7.41. The van der Waals surface area contributed by atoms with Crippen molar-refractivity contribution in [3.8, 4) is 0 Å². The zero-order valence-corrected chi connectivity index (χ0v) is 16.8. The fourth-order valence-corrected chi connectivity index (χ4v) is 3.55. The molecule has 0 aliphatic heterocycles. The molecule has 2 unspecified atom stereocenters. The monoisotopic (exact) mass is 387 g/mol. The summed E-state index contributed by atoms with van der Waals surface area (Å²) in [5.74, 6) is -0.277. The first-order valence-corrected chi connectivity index (χ1v) is 10.7. The Bertz CT molecular complexity index is 479. The van der Waals surface area contributed by atoms with Gasteiger partial charge in [0, 0.05) is 12.5 Å². The van der Waals surface area contributed by atoms with Crippen LogP contribution in [-0.4, -0.2) is 53.5 Å². The van der Waals surface area contributed by atoms with Crippen molar-refractivity contribution >= 4 is 29.5 Å². The molecule has 1 aliphatic rings. The van der Waals surface area contributed by atoms with Crippen LogP contribution < -0.4 is 16.4 Å². The van der Waals surface area contributed by atoms with Crippen molar-refractivity contribution in [2.45, 2.75) is 58.0 Å². The molecule has 1 fully saturated rings. The minimum absolute atomic E-state index is 0.0997. The molecule has 0 spiro atoms. The molecule has 1 rings (SSSR count). The third kappa shape index (κ3) is 7.53. The maximum atomic E-state index is 12.3. The molecule has 1 saturated carbocycles. The number of carboxylic acid groups (broad SMARTS) is 1. The highest BCUT2D eigenvalue weighted by Crippen LogP contribution is 2.28. The quantitative estimate of drug-likeness (QED) is 0.447. The minimum Gasteiger partial charge on any atom is -0.480 e. The topological polar surface area (TPSA) is 122 Å². The number of amides is 2. The van der Waals surface area contributed by atoms with Crippen LogP contribution in [0.3, 0.4) is 0 Å². The van der Waals surface area contributed by atoms with Crippen molar-refractivity contribution < 1.29 is 19.5 Å². The van der Waals surface area contributed by atoms with Crippen LogP contribution in [0.25, 0.3) is 0 Å². The van der Waals surface area contributed by atoms with E-state index in [2.05, 4.69) is 10.6 Å². The predicted molar refractivity (Wildman–Crippen MR) is 104 cm³/mol. The minimum atomic E-state index is -0.981. The molecule has 150 valence electrons. The number of carboxylic acids is 1. The van der Waals surface area contributed by atoms with E-state index in [0.29, 0.717) is 24.6 Å². The second-order valence-corrected chi connectivity index (χ2v) is 8.40. The maximum absolute atomic E-state index is 12.3. The molecule has 0 aromatic heterocycles. The SMILES string of the molecule is CSCCC(NC(=O)C1CCC(CNC(=O)C(N)C(C)C)CC1)C(=O)O. The Labute approximate surface area is 160 Å². The number of carbonyl (C=O) groups is 3. The lowest BCUT2D eigenvalue weighted by Crippen LogP contribution is -2.46. The number of hydrogen-bond donors (Lipinski definition) is 4. The fourth-order valence-electron chi connectivity index (χ4n) is 3.08. The third-order valence-electron chi connectivity index (χ3n) is 5.03. The number of aliphatic carboxylic acids is 1. The van der Waals surface area contributed by atoms with Crippen molar-refractivity contribution in [1.82, 2.24) is 10.6 Å². The van der Waals surface area contributed by atoms with Gasteiger partial charge in [-0.15, -0.1) is 0 Å². The first-order chi connectivity index (χ1) is 12.3. The van der Waals surface area contributed by atoms with E-state index >= 15 is 0 Å². The summed E-state index contributed by atoms with van der Waals surface area (Å²) >= 11 is 1.56. The summed E-state index contributed by atoms with van der Waals surface area (Å²) in [4.78, 5) is 35.5. The van der Waals surface area contributed by atoms with Crippen molar-refractivity contribution in [2.24, 2.45) is 23.5 Å². The third-order valence-corrected chi connectivity index (χ3v) is 5.67. The Balaban J connectivity index is 2.37. The molecule has 0 heterocycles. The van der Waals surface area contributed by atoms with E-state index in [1.165, 1.54) is 0 Å². The zero-order chi connectivity index (χ0) is 19.7. The first-order valence-electron chi connectivity index (χ1n) is 9.31. The first kappa shape index (κ1) is 22.8. The fraction of sp³-hybridized carbons (Fsp3) is 0.833. The van der Waals surface area contributed by atoms with Crippen molar-refractivity contribution in [3.63, 3.8) is 0 Å². The Kier molecular flexibility index (Phi) is 10.0. The smallest absolute Gasteiger partial charge is 0.326 e. The molecule has 0 radical (unpaired) electrons. The van der Waals surface area contributed by atoms with Crippen LogP contribution in [0.5, 0.6) is 0 Å². The van der Waals surface area contributed by atoms with Gasteiger partial charge in [-0.2, -0.15) is 11.8 Å². The average Bonchev–Trinajstić information content (AvgIpc) is 2.62. The maximum Gasteiger partial charge on any atom is 0.326 e. The van der Waals surface area contributed by atoms with Crippen LogP contribution in [0.4, 0.5) is 0 Å². The van der Waals surface area contributed by atoms with E-state index in [-0.39, 0.29) is 23.7 Å². The summed E-state index contributed by atoms with van der Waals surface area (Å²) < 4.78 is 0. The van der Waals surface area contributed by atoms with Crippen LogP contribution in [-0.2, 0) is 14.4 Å². The Morgan fingerprint density at radius 3 is 2.31 bits per heavy atom. The summed E-state index contributed by atoms with van der Waals surface area (Å²) in [5.41, 5.74) is 5.83. The highest BCUT2D eigenvalue weighted by atomic mass is 32.2. The predicted octanol–water partition coefficient (Wildman–Crippen LogP) is 1.21. The van der Waals surface area contributed by atoms with Gasteiger partial charge in [0.15, 0.2) is 0 Å². The molecule has 0 saturated heterocycles. The van der Waals surface area contributed by atoms with Gasteiger partial charge in [0.1, 0.15) is 6.04 Å². The largest absolute Gasteiger partial charge is 0.480 e. The molecule has 1 aliphatic carbocycles. The highest BCUT2D eigenvalue weighted by molar-refractivity contribution is 7.98. The average molecular weight is 388 g/mol. The molecule has 8 heteroatoms. The Morgan fingerprint density at radius 2 is 1.81 bits per heavy atom. The van der Waals surface area contributed by atoms with Gasteiger partial charge in [0.2, 0.25) is 11.8 Å². The molecule has 5 N–H and O–H groups in total. The number of nitrogens with two attached hydrogens (primary N) is 1. The van der Waals surface area contributed by atoms with E-state index in [0.717, 1.165) is 25.7 Å². The highest BCUT2D eigenvalue weighted by Gasteiger charge is 2.29. The van der Waals surface area contributed by atoms with Crippen LogP contribution in [0.1, 0.15) is 46.0 Å². The van der Waals surface area contributed by atoms with Crippen LogP contribution in [0.15, 0.2) is 0 Å². The number of nitrogens with one attached hydrogen (secondary N) is 2. The molecule has 2 amide bonds. The molecule has 2 atom stereocenters. The summed E-state index contributed by atoms with van der Waals surface area (Å²) in [6.07, 6.45) is 5.47. The lowest BCUT2D eigenvalue weighted by molar-refractivity contribution is -0.142. The van der Waals surface area contributed by atoms with Crippen LogP contribution in [0.2, 0.25) is 0 Å². The molecule has 0 aromatic carbocycles. The molecular weight excluding hydrogens is 354 g/mol. The van der Waals surface area contributed by atoms with Crippen molar-refractivity contribution in [3.05, 3.63) is 0 Å². The van der Waals surface area contributed by atoms with Crippen molar-refractivity contribution in [2.75, 3.05) is 18.6 Å². The number of rotatable bonds is 10. The van der Waals surface area contributed by atoms with E-state index in [9.17, 15) is 19.5 Å². The van der Waals surface area contributed by atoms with Gasteiger partial charge in [-0.1, -0.05) is 13.8 Å². The summed E-state index contributed by atoms with van der Waals surface area (Å²) in [6, 6.07) is -1.31. The van der Waals surface area contributed by atoms with E-state index in [1.807, 2.05) is 20.1 Å². The Hall–Kier alpha value is -1.28. The Morgan fingerprint density at radius 1 is 1.19 bits per heavy atom. The molecule has 7 nitrogen and oxygen atoms in total.